The number of anilines is 2. The number of rotatable bonds is 8. The van der Waals surface area contributed by atoms with Gasteiger partial charge in [-0.15, -0.1) is 0 Å². The van der Waals surface area contributed by atoms with Crippen LogP contribution in [-0.2, 0) is 0 Å². The molecule has 0 unspecified atom stereocenters. The Hall–Kier alpha value is -4.22. The molecule has 36 heavy (non-hydrogen) atoms. The minimum atomic E-state index is 0.00362. The minimum Gasteiger partial charge on any atom is -0.507 e. The molecule has 0 radical (unpaired) electrons. The fourth-order valence-electron chi connectivity index (χ4n) is 3.15. The lowest BCUT2D eigenvalue weighted by molar-refractivity contribution is 0.417. The summed E-state index contributed by atoms with van der Waals surface area (Å²) < 4.78 is 10.6. The van der Waals surface area contributed by atoms with Gasteiger partial charge in [0, 0.05) is 11.1 Å². The van der Waals surface area contributed by atoms with Gasteiger partial charge in [0.15, 0.2) is 10.2 Å². The van der Waals surface area contributed by atoms with Gasteiger partial charge in [-0.25, -0.2) is 0 Å². The topological polar surface area (TPSA) is 112 Å². The van der Waals surface area contributed by atoms with Crippen molar-refractivity contribution in [1.29, 1.82) is 0 Å². The van der Waals surface area contributed by atoms with Gasteiger partial charge in [0.25, 0.3) is 0 Å². The van der Waals surface area contributed by atoms with Crippen LogP contribution in [0.2, 0.25) is 0 Å². The molecule has 3 aromatic rings. The molecule has 5 N–H and O–H groups in total. The molecule has 0 atom stereocenters. The Bertz CT molecular complexity index is 1200. The van der Waals surface area contributed by atoms with E-state index in [0.29, 0.717) is 34.0 Å². The van der Waals surface area contributed by atoms with Gasteiger partial charge in [-0.05, 0) is 73.3 Å². The predicted octanol–water partition coefficient (Wildman–Crippen LogP) is 4.36. The van der Waals surface area contributed by atoms with Gasteiger partial charge >= 0.3 is 0 Å². The van der Waals surface area contributed by atoms with Crippen LogP contribution in [0, 0.1) is 6.92 Å². The Labute approximate surface area is 220 Å². The number of aromatic hydroxyl groups is 1. The first-order valence-corrected chi connectivity index (χ1v) is 11.5. The summed E-state index contributed by atoms with van der Waals surface area (Å²) in [4.78, 5) is 0. The lowest BCUT2D eigenvalue weighted by atomic mass is 10.1. The van der Waals surface area contributed by atoms with E-state index in [2.05, 4.69) is 31.7 Å². The van der Waals surface area contributed by atoms with Crippen molar-refractivity contribution in [2.75, 3.05) is 24.9 Å². The Kier molecular flexibility index (Phi) is 9.55. The number of hydrazone groups is 2. The highest BCUT2D eigenvalue weighted by atomic mass is 32.1. The smallest absolute Gasteiger partial charge is 0.191 e. The predicted molar refractivity (Wildman–Crippen MR) is 153 cm³/mol. The molecule has 3 rings (SSSR count). The van der Waals surface area contributed by atoms with Crippen LogP contribution >= 0.6 is 24.4 Å². The monoisotopic (exact) mass is 522 g/mol. The van der Waals surface area contributed by atoms with Crippen LogP contribution in [0.3, 0.4) is 0 Å². The molecule has 0 heterocycles. The van der Waals surface area contributed by atoms with Crippen LogP contribution in [0.25, 0.3) is 0 Å². The Morgan fingerprint density at radius 1 is 0.778 bits per heavy atom. The molecule has 0 saturated carbocycles. The number of methoxy groups -OCH3 is 2. The first-order chi connectivity index (χ1) is 17.4. The fraction of sp³-hybridized carbons (Fsp3) is 0.120. The van der Waals surface area contributed by atoms with E-state index < -0.39 is 0 Å². The van der Waals surface area contributed by atoms with E-state index in [1.807, 2.05) is 55.5 Å². The van der Waals surface area contributed by atoms with Crippen molar-refractivity contribution in [1.82, 2.24) is 10.9 Å². The number of aryl methyl sites for hydroxylation is 1. The second-order valence-electron chi connectivity index (χ2n) is 7.34. The van der Waals surface area contributed by atoms with Crippen LogP contribution in [0.15, 0.2) is 70.9 Å². The van der Waals surface area contributed by atoms with E-state index in [4.69, 9.17) is 33.9 Å². The molecule has 0 saturated heterocycles. The molecule has 0 amide bonds. The summed E-state index contributed by atoms with van der Waals surface area (Å²) in [6, 6.07) is 18.3. The summed E-state index contributed by atoms with van der Waals surface area (Å²) in [7, 11) is 3.16. The number of phenolic OH excluding ortho intramolecular Hbond substituents is 1. The number of hydrogen-bond acceptors (Lipinski definition) is 7. The normalized spacial score (nSPS) is 10.8. The van der Waals surface area contributed by atoms with E-state index in [1.165, 1.54) is 12.4 Å². The number of ether oxygens (including phenoxy) is 2. The zero-order valence-corrected chi connectivity index (χ0v) is 21.5. The molecule has 3 aromatic carbocycles. The molecule has 9 nitrogen and oxygen atoms in total. The Balaban J connectivity index is 1.61. The standard InChI is InChI=1S/C25H26N6O3S2/c1-16-12-17(14-26-30-24(35)28-19-8-4-6-10-21(19)33-2)23(32)18(13-16)15-27-31-25(36)29-20-9-5-7-11-22(20)34-3/h4-15,32H,1-3H3,(H2,28,30,35)(H2,29,31,36)/b26-14+,27-15+. The average molecular weight is 523 g/mol. The number of para-hydroxylation sites is 4. The highest BCUT2D eigenvalue weighted by Crippen LogP contribution is 2.24. The summed E-state index contributed by atoms with van der Waals surface area (Å²) in [5, 5.41) is 25.5. The summed E-state index contributed by atoms with van der Waals surface area (Å²) in [6.07, 6.45) is 2.94. The fourth-order valence-corrected chi connectivity index (χ4v) is 3.47. The molecule has 0 aromatic heterocycles. The SMILES string of the molecule is COc1ccccc1NC(=S)N/N=C/c1cc(C)cc(/C=N/NC(=S)Nc2ccccc2OC)c1O. The van der Waals surface area contributed by atoms with Crippen LogP contribution in [0.1, 0.15) is 16.7 Å². The zero-order valence-electron chi connectivity index (χ0n) is 19.9. The summed E-state index contributed by atoms with van der Waals surface area (Å²) in [5.41, 5.74) is 8.74. The molecule has 0 aliphatic heterocycles. The summed E-state index contributed by atoms with van der Waals surface area (Å²) >= 11 is 10.6. The van der Waals surface area contributed by atoms with Crippen molar-refractivity contribution in [2.24, 2.45) is 10.2 Å². The largest absolute Gasteiger partial charge is 0.507 e. The summed E-state index contributed by atoms with van der Waals surface area (Å²) in [6.45, 7) is 1.90. The third-order valence-electron chi connectivity index (χ3n) is 4.76. The molecule has 0 aliphatic rings. The molecule has 11 heteroatoms. The van der Waals surface area contributed by atoms with Crippen molar-refractivity contribution in [3.05, 3.63) is 77.4 Å². The van der Waals surface area contributed by atoms with E-state index in [-0.39, 0.29) is 16.0 Å². The first-order valence-electron chi connectivity index (χ1n) is 10.7. The van der Waals surface area contributed by atoms with Gasteiger partial charge in [-0.2, -0.15) is 10.2 Å². The number of thiocarbonyl (C=S) groups is 2. The first kappa shape index (κ1) is 26.4. The number of nitrogens with one attached hydrogen (secondary N) is 4. The average Bonchev–Trinajstić information content (AvgIpc) is 2.87. The molecule has 0 aliphatic carbocycles. The number of phenols is 1. The highest BCUT2D eigenvalue weighted by molar-refractivity contribution is 7.80. The van der Waals surface area contributed by atoms with Crippen molar-refractivity contribution in [3.8, 4) is 17.2 Å². The molecule has 0 fully saturated rings. The molecule has 186 valence electrons. The van der Waals surface area contributed by atoms with E-state index in [0.717, 1.165) is 5.56 Å². The lowest BCUT2D eigenvalue weighted by Gasteiger charge is -2.11. The van der Waals surface area contributed by atoms with Gasteiger partial charge in [0.1, 0.15) is 17.2 Å². The molecular formula is C25H26N6O3S2. The van der Waals surface area contributed by atoms with Crippen molar-refractivity contribution in [2.45, 2.75) is 6.92 Å². The summed E-state index contributed by atoms with van der Waals surface area (Å²) in [5.74, 6) is 1.30. The zero-order chi connectivity index (χ0) is 25.9. The van der Waals surface area contributed by atoms with E-state index >= 15 is 0 Å². The van der Waals surface area contributed by atoms with Crippen LogP contribution < -0.4 is 31.0 Å². The number of hydrogen-bond donors (Lipinski definition) is 5. The maximum atomic E-state index is 10.7. The quantitative estimate of drug-likeness (QED) is 0.167. The van der Waals surface area contributed by atoms with Crippen molar-refractivity contribution >= 4 is 58.5 Å². The minimum absolute atomic E-state index is 0.00362. The van der Waals surface area contributed by atoms with Crippen LogP contribution in [0.5, 0.6) is 17.2 Å². The maximum Gasteiger partial charge on any atom is 0.191 e. The molecular weight excluding hydrogens is 496 g/mol. The number of benzene rings is 3. The molecule has 0 spiro atoms. The van der Waals surface area contributed by atoms with E-state index in [1.54, 1.807) is 26.4 Å². The second kappa shape index (κ2) is 13.0. The molecule has 0 bridgehead atoms. The van der Waals surface area contributed by atoms with Gasteiger partial charge in [-0.1, -0.05) is 24.3 Å². The van der Waals surface area contributed by atoms with Crippen molar-refractivity contribution < 1.29 is 14.6 Å². The maximum absolute atomic E-state index is 10.7. The van der Waals surface area contributed by atoms with Gasteiger partial charge in [-0.3, -0.25) is 10.9 Å². The Morgan fingerprint density at radius 2 is 1.19 bits per heavy atom. The number of nitrogens with zero attached hydrogens (tertiary/aromatic N) is 2. The van der Waals surface area contributed by atoms with Gasteiger partial charge < -0.3 is 25.2 Å². The third-order valence-corrected chi connectivity index (χ3v) is 5.15. The highest BCUT2D eigenvalue weighted by Gasteiger charge is 2.07. The van der Waals surface area contributed by atoms with E-state index in [9.17, 15) is 5.11 Å². The van der Waals surface area contributed by atoms with Gasteiger partial charge in [0.05, 0.1) is 38.0 Å². The Morgan fingerprint density at radius 3 is 1.61 bits per heavy atom. The third kappa shape index (κ3) is 7.39. The van der Waals surface area contributed by atoms with Crippen LogP contribution in [-0.4, -0.2) is 42.0 Å². The second-order valence-corrected chi connectivity index (χ2v) is 8.16. The lowest BCUT2D eigenvalue weighted by Crippen LogP contribution is -2.24. The van der Waals surface area contributed by atoms with Crippen LogP contribution in [0.4, 0.5) is 11.4 Å². The van der Waals surface area contributed by atoms with Crippen molar-refractivity contribution in [3.63, 3.8) is 0 Å². The van der Waals surface area contributed by atoms with Gasteiger partial charge in [0.2, 0.25) is 0 Å².